The zero-order chi connectivity index (χ0) is 14.1. The molecule has 20 heavy (non-hydrogen) atoms. The fraction of sp³-hybridized carbons (Fsp3) is 0.600. The van der Waals surface area contributed by atoms with Crippen LogP contribution in [0.25, 0.3) is 11.2 Å². The van der Waals surface area contributed by atoms with Crippen LogP contribution in [-0.4, -0.2) is 38.6 Å². The van der Waals surface area contributed by atoms with E-state index in [9.17, 15) is 0 Å². The first-order chi connectivity index (χ1) is 9.69. The molecule has 1 aliphatic heterocycles. The fourth-order valence-electron chi connectivity index (χ4n) is 3.00. The Bertz CT molecular complexity index is 601. The molecule has 2 aromatic rings. The van der Waals surface area contributed by atoms with Crippen molar-refractivity contribution in [1.82, 2.24) is 19.4 Å². The first-order valence-corrected chi connectivity index (χ1v) is 7.85. The van der Waals surface area contributed by atoms with Gasteiger partial charge in [0.15, 0.2) is 5.65 Å². The summed E-state index contributed by atoms with van der Waals surface area (Å²) in [6.07, 6.45) is 2.63. The Balaban J connectivity index is 1.94. The highest BCUT2D eigenvalue weighted by atomic mass is 35.5. The normalized spacial score (nSPS) is 17.9. The van der Waals surface area contributed by atoms with Crippen LogP contribution in [0.2, 0.25) is 0 Å². The molecule has 0 amide bonds. The van der Waals surface area contributed by atoms with Crippen LogP contribution in [-0.2, 0) is 12.4 Å². The van der Waals surface area contributed by atoms with E-state index in [1.165, 1.54) is 25.9 Å². The number of likely N-dealkylation sites (tertiary alicyclic amines) is 1. The minimum absolute atomic E-state index is 0.433. The second-order valence-electron chi connectivity index (χ2n) is 5.66. The molecule has 4 nitrogen and oxygen atoms in total. The maximum atomic E-state index is 6.06. The molecule has 1 aliphatic rings. The van der Waals surface area contributed by atoms with Crippen molar-refractivity contribution in [2.24, 2.45) is 0 Å². The van der Waals surface area contributed by atoms with Crippen LogP contribution in [0.5, 0.6) is 0 Å². The second kappa shape index (κ2) is 5.70. The number of alkyl halides is 1. The van der Waals surface area contributed by atoms with Crippen molar-refractivity contribution < 1.29 is 0 Å². The summed E-state index contributed by atoms with van der Waals surface area (Å²) in [5.41, 5.74) is 2.93. The van der Waals surface area contributed by atoms with Gasteiger partial charge in [-0.05, 0) is 51.9 Å². The Hall–Kier alpha value is -1.13. The molecule has 1 unspecified atom stereocenters. The van der Waals surface area contributed by atoms with E-state index in [4.69, 9.17) is 11.6 Å². The Morgan fingerprint density at radius 3 is 2.70 bits per heavy atom. The van der Waals surface area contributed by atoms with Gasteiger partial charge in [0.1, 0.15) is 11.3 Å². The topological polar surface area (TPSA) is 34.0 Å². The van der Waals surface area contributed by atoms with Crippen molar-refractivity contribution in [3.8, 4) is 0 Å². The van der Waals surface area contributed by atoms with Gasteiger partial charge in [0.2, 0.25) is 0 Å². The van der Waals surface area contributed by atoms with E-state index in [2.05, 4.69) is 26.4 Å². The summed E-state index contributed by atoms with van der Waals surface area (Å²) in [7, 11) is 0. The number of hydrogen-bond acceptors (Lipinski definition) is 3. The third-order valence-corrected chi connectivity index (χ3v) is 4.38. The Kier molecular flexibility index (Phi) is 3.94. The van der Waals surface area contributed by atoms with Gasteiger partial charge in [-0.25, -0.2) is 9.97 Å². The molecule has 0 N–H and O–H groups in total. The summed E-state index contributed by atoms with van der Waals surface area (Å²) in [4.78, 5) is 11.8. The SMILES string of the molecule is Cc1ccc2nc(CCl)n(CC(C)N3CCCC3)c2n1. The van der Waals surface area contributed by atoms with Gasteiger partial charge in [0, 0.05) is 18.3 Å². The lowest BCUT2D eigenvalue weighted by Gasteiger charge is -2.24. The molecular formula is C15H21ClN4. The van der Waals surface area contributed by atoms with E-state index in [-0.39, 0.29) is 0 Å². The molecule has 1 fully saturated rings. The Morgan fingerprint density at radius 1 is 1.25 bits per heavy atom. The van der Waals surface area contributed by atoms with Crippen LogP contribution in [0.4, 0.5) is 0 Å². The largest absolute Gasteiger partial charge is 0.310 e. The number of rotatable bonds is 4. The van der Waals surface area contributed by atoms with Crippen LogP contribution < -0.4 is 0 Å². The first-order valence-electron chi connectivity index (χ1n) is 7.32. The number of imidazole rings is 1. The van der Waals surface area contributed by atoms with Crippen molar-refractivity contribution in [2.75, 3.05) is 13.1 Å². The minimum atomic E-state index is 0.433. The van der Waals surface area contributed by atoms with E-state index in [0.717, 1.165) is 29.2 Å². The Morgan fingerprint density at radius 2 is 2.00 bits per heavy atom. The molecule has 108 valence electrons. The van der Waals surface area contributed by atoms with Gasteiger partial charge in [0.25, 0.3) is 0 Å². The highest BCUT2D eigenvalue weighted by Crippen LogP contribution is 2.19. The van der Waals surface area contributed by atoms with Gasteiger partial charge in [-0.1, -0.05) is 0 Å². The van der Waals surface area contributed by atoms with Crippen molar-refractivity contribution >= 4 is 22.8 Å². The smallest absolute Gasteiger partial charge is 0.160 e. The molecular weight excluding hydrogens is 272 g/mol. The highest BCUT2D eigenvalue weighted by molar-refractivity contribution is 6.16. The van der Waals surface area contributed by atoms with Gasteiger partial charge >= 0.3 is 0 Å². The van der Waals surface area contributed by atoms with Crippen LogP contribution in [0, 0.1) is 6.92 Å². The van der Waals surface area contributed by atoms with E-state index >= 15 is 0 Å². The number of hydrogen-bond donors (Lipinski definition) is 0. The molecule has 0 bridgehead atoms. The summed E-state index contributed by atoms with van der Waals surface area (Å²) in [6.45, 7) is 7.62. The summed E-state index contributed by atoms with van der Waals surface area (Å²) in [5.74, 6) is 1.35. The average Bonchev–Trinajstić information content (AvgIpc) is 3.07. The number of pyridine rings is 1. The molecule has 1 saturated heterocycles. The monoisotopic (exact) mass is 292 g/mol. The van der Waals surface area contributed by atoms with Crippen molar-refractivity contribution in [3.63, 3.8) is 0 Å². The molecule has 3 rings (SSSR count). The van der Waals surface area contributed by atoms with Gasteiger partial charge in [-0.3, -0.25) is 4.90 Å². The van der Waals surface area contributed by atoms with Gasteiger partial charge in [-0.2, -0.15) is 0 Å². The lowest BCUT2D eigenvalue weighted by atomic mass is 10.3. The van der Waals surface area contributed by atoms with E-state index in [1.54, 1.807) is 0 Å². The van der Waals surface area contributed by atoms with Crippen molar-refractivity contribution in [1.29, 1.82) is 0 Å². The summed E-state index contributed by atoms with van der Waals surface area (Å²) >= 11 is 6.06. The highest BCUT2D eigenvalue weighted by Gasteiger charge is 2.21. The van der Waals surface area contributed by atoms with E-state index < -0.39 is 0 Å². The van der Waals surface area contributed by atoms with Crippen LogP contribution in [0.3, 0.4) is 0 Å². The number of aryl methyl sites for hydroxylation is 1. The van der Waals surface area contributed by atoms with E-state index in [0.29, 0.717) is 11.9 Å². The molecule has 1 atom stereocenters. The number of halogens is 1. The second-order valence-corrected chi connectivity index (χ2v) is 5.93. The fourth-order valence-corrected chi connectivity index (χ4v) is 3.20. The summed E-state index contributed by atoms with van der Waals surface area (Å²) in [5, 5.41) is 0. The summed E-state index contributed by atoms with van der Waals surface area (Å²) in [6, 6.07) is 4.53. The molecule has 2 aromatic heterocycles. The average molecular weight is 293 g/mol. The number of aromatic nitrogens is 3. The van der Waals surface area contributed by atoms with Gasteiger partial charge < -0.3 is 4.57 Å². The van der Waals surface area contributed by atoms with Crippen LogP contribution in [0.1, 0.15) is 31.3 Å². The zero-order valence-electron chi connectivity index (χ0n) is 12.1. The third-order valence-electron chi connectivity index (χ3n) is 4.14. The number of nitrogens with zero attached hydrogens (tertiary/aromatic N) is 4. The summed E-state index contributed by atoms with van der Waals surface area (Å²) < 4.78 is 2.19. The van der Waals surface area contributed by atoms with E-state index in [1.807, 2.05) is 19.1 Å². The predicted molar refractivity (Wildman–Crippen MR) is 82.1 cm³/mol. The molecule has 0 spiro atoms. The zero-order valence-corrected chi connectivity index (χ0v) is 12.9. The van der Waals surface area contributed by atoms with Gasteiger partial charge in [-0.15, -0.1) is 11.6 Å². The number of fused-ring (bicyclic) bond motifs is 1. The molecule has 0 radical (unpaired) electrons. The lowest BCUT2D eigenvalue weighted by molar-refractivity contribution is 0.236. The predicted octanol–water partition coefficient (Wildman–Crippen LogP) is 2.96. The van der Waals surface area contributed by atoms with Crippen molar-refractivity contribution in [2.45, 2.75) is 45.2 Å². The maximum Gasteiger partial charge on any atom is 0.160 e. The van der Waals surface area contributed by atoms with Crippen LogP contribution in [0.15, 0.2) is 12.1 Å². The lowest BCUT2D eigenvalue weighted by Crippen LogP contribution is -2.34. The molecule has 0 aliphatic carbocycles. The minimum Gasteiger partial charge on any atom is -0.310 e. The molecule has 0 saturated carbocycles. The maximum absolute atomic E-state index is 6.06. The third kappa shape index (κ3) is 2.54. The quantitative estimate of drug-likeness (QED) is 0.813. The van der Waals surface area contributed by atoms with Crippen molar-refractivity contribution in [3.05, 3.63) is 23.7 Å². The van der Waals surface area contributed by atoms with Gasteiger partial charge in [0.05, 0.1) is 5.88 Å². The molecule has 3 heterocycles. The Labute approximate surface area is 124 Å². The standard InChI is InChI=1S/C15H21ClN4/c1-11-5-6-13-15(17-11)20(14(9-16)18-13)10-12(2)19-7-3-4-8-19/h5-6,12H,3-4,7-10H2,1-2H3. The first kappa shape index (κ1) is 13.8. The van der Waals surface area contributed by atoms with Crippen LogP contribution >= 0.6 is 11.6 Å². The molecule has 0 aromatic carbocycles. The molecule has 5 heteroatoms.